The summed E-state index contributed by atoms with van der Waals surface area (Å²) in [4.78, 5) is 15.3. The van der Waals surface area contributed by atoms with Crippen LogP contribution in [-0.4, -0.2) is 29.1 Å². The summed E-state index contributed by atoms with van der Waals surface area (Å²) in [6, 6.07) is 0. The van der Waals surface area contributed by atoms with Gasteiger partial charge in [-0.05, 0) is 6.54 Å². The van der Waals surface area contributed by atoms with Gasteiger partial charge in [-0.2, -0.15) is 4.98 Å². The first-order valence-electron chi connectivity index (χ1n) is 4.97. The number of hydrogen-bond acceptors (Lipinski definition) is 5. The number of amides is 1. The van der Waals surface area contributed by atoms with Gasteiger partial charge in [-0.1, -0.05) is 19.0 Å². The highest BCUT2D eigenvalue weighted by Gasteiger charge is 2.12. The van der Waals surface area contributed by atoms with E-state index in [2.05, 4.69) is 25.3 Å². The van der Waals surface area contributed by atoms with Crippen molar-refractivity contribution >= 4 is 5.91 Å². The average Bonchev–Trinajstić information content (AvgIpc) is 2.75. The highest BCUT2D eigenvalue weighted by Crippen LogP contribution is 1.94. The topological polar surface area (TPSA) is 80.0 Å². The van der Waals surface area contributed by atoms with Gasteiger partial charge in [0, 0.05) is 12.5 Å². The average molecular weight is 212 g/mol. The maximum absolute atomic E-state index is 11.5. The molecule has 0 aromatic carbocycles. The van der Waals surface area contributed by atoms with Gasteiger partial charge < -0.3 is 15.2 Å². The predicted molar refractivity (Wildman–Crippen MR) is 53.9 cm³/mol. The fourth-order valence-corrected chi connectivity index (χ4v) is 1.06. The molecule has 6 nitrogen and oxygen atoms in total. The molecule has 0 aliphatic rings. The molecule has 0 spiro atoms. The normalized spacial score (nSPS) is 12.4. The Morgan fingerprint density at radius 1 is 1.67 bits per heavy atom. The zero-order valence-corrected chi connectivity index (χ0v) is 8.99. The van der Waals surface area contributed by atoms with Crippen molar-refractivity contribution < 1.29 is 9.32 Å². The van der Waals surface area contributed by atoms with Crippen molar-refractivity contribution in [1.29, 1.82) is 0 Å². The minimum atomic E-state index is -0.0585. The van der Waals surface area contributed by atoms with E-state index in [1.807, 2.05) is 13.8 Å². The molecule has 0 saturated heterocycles. The lowest BCUT2D eigenvalue weighted by atomic mass is 10.1. The molecule has 1 aromatic heterocycles. The highest BCUT2D eigenvalue weighted by molar-refractivity contribution is 5.78. The van der Waals surface area contributed by atoms with Gasteiger partial charge in [0.1, 0.15) is 0 Å². The van der Waals surface area contributed by atoms with E-state index in [-0.39, 0.29) is 11.8 Å². The van der Waals surface area contributed by atoms with Gasteiger partial charge in [0.05, 0.1) is 6.54 Å². The molecule has 1 unspecified atom stereocenters. The standard InChI is InChI=1S/C9H16N4O2/c1-3-10-4-7(2)9(14)11-5-8-12-6-15-13-8/h6-7,10H,3-5H2,1-2H3,(H,11,14). The van der Waals surface area contributed by atoms with Crippen LogP contribution in [0.3, 0.4) is 0 Å². The second-order valence-electron chi connectivity index (χ2n) is 3.27. The molecule has 15 heavy (non-hydrogen) atoms. The van der Waals surface area contributed by atoms with Crippen LogP contribution in [-0.2, 0) is 11.3 Å². The van der Waals surface area contributed by atoms with Crippen LogP contribution >= 0.6 is 0 Å². The summed E-state index contributed by atoms with van der Waals surface area (Å²) in [7, 11) is 0. The summed E-state index contributed by atoms with van der Waals surface area (Å²) >= 11 is 0. The van der Waals surface area contributed by atoms with Crippen molar-refractivity contribution in [3.63, 3.8) is 0 Å². The van der Waals surface area contributed by atoms with E-state index in [0.29, 0.717) is 18.9 Å². The van der Waals surface area contributed by atoms with Gasteiger partial charge in [0.25, 0.3) is 0 Å². The van der Waals surface area contributed by atoms with Crippen molar-refractivity contribution in [2.45, 2.75) is 20.4 Å². The first-order chi connectivity index (χ1) is 7.24. The minimum Gasteiger partial charge on any atom is -0.348 e. The molecule has 1 amide bonds. The molecule has 2 N–H and O–H groups in total. The van der Waals surface area contributed by atoms with Crippen LogP contribution in [0, 0.1) is 5.92 Å². The first-order valence-corrected chi connectivity index (χ1v) is 4.97. The second-order valence-corrected chi connectivity index (χ2v) is 3.27. The molecule has 84 valence electrons. The van der Waals surface area contributed by atoms with Crippen LogP contribution in [0.25, 0.3) is 0 Å². The molecule has 0 aliphatic heterocycles. The lowest BCUT2D eigenvalue weighted by Crippen LogP contribution is -2.35. The van der Waals surface area contributed by atoms with E-state index in [4.69, 9.17) is 0 Å². The van der Waals surface area contributed by atoms with Gasteiger partial charge in [0.15, 0.2) is 5.82 Å². The second kappa shape index (κ2) is 6.13. The summed E-state index contributed by atoms with van der Waals surface area (Å²) in [5, 5.41) is 9.43. The van der Waals surface area contributed by atoms with E-state index in [0.717, 1.165) is 6.54 Å². The number of aromatic nitrogens is 2. The van der Waals surface area contributed by atoms with E-state index in [1.165, 1.54) is 6.39 Å². The Hall–Kier alpha value is -1.43. The van der Waals surface area contributed by atoms with Crippen LogP contribution in [0.5, 0.6) is 0 Å². The number of nitrogens with zero attached hydrogens (tertiary/aromatic N) is 2. The summed E-state index contributed by atoms with van der Waals surface area (Å²) in [5.74, 6) is 0.414. The van der Waals surface area contributed by atoms with Crippen molar-refractivity contribution in [2.75, 3.05) is 13.1 Å². The minimum absolute atomic E-state index is 0.0132. The maximum atomic E-state index is 11.5. The van der Waals surface area contributed by atoms with Gasteiger partial charge in [-0.25, -0.2) is 0 Å². The molecule has 6 heteroatoms. The summed E-state index contributed by atoms with van der Waals surface area (Å²) in [6.45, 7) is 5.72. The summed E-state index contributed by atoms with van der Waals surface area (Å²) in [5.41, 5.74) is 0. The molecule has 1 atom stereocenters. The fourth-order valence-electron chi connectivity index (χ4n) is 1.06. The van der Waals surface area contributed by atoms with Gasteiger partial charge >= 0.3 is 0 Å². The Balaban J connectivity index is 2.23. The summed E-state index contributed by atoms with van der Waals surface area (Å²) < 4.78 is 4.55. The zero-order valence-electron chi connectivity index (χ0n) is 8.99. The van der Waals surface area contributed by atoms with E-state index < -0.39 is 0 Å². The van der Waals surface area contributed by atoms with Crippen LogP contribution in [0.1, 0.15) is 19.7 Å². The summed E-state index contributed by atoms with van der Waals surface area (Å²) in [6.07, 6.45) is 1.24. The van der Waals surface area contributed by atoms with E-state index in [9.17, 15) is 4.79 Å². The molecule has 0 bridgehead atoms. The van der Waals surface area contributed by atoms with Crippen LogP contribution < -0.4 is 10.6 Å². The molecule has 1 aromatic rings. The van der Waals surface area contributed by atoms with E-state index in [1.54, 1.807) is 0 Å². The fraction of sp³-hybridized carbons (Fsp3) is 0.667. The first kappa shape index (κ1) is 11.6. The Kier molecular flexibility index (Phi) is 4.76. The number of nitrogens with one attached hydrogen (secondary N) is 2. The number of rotatable bonds is 6. The van der Waals surface area contributed by atoms with Crippen molar-refractivity contribution in [1.82, 2.24) is 20.8 Å². The van der Waals surface area contributed by atoms with Crippen LogP contribution in [0.2, 0.25) is 0 Å². The van der Waals surface area contributed by atoms with Crippen LogP contribution in [0.4, 0.5) is 0 Å². The predicted octanol–water partition coefficient (Wildman–Crippen LogP) is -0.0686. The Bertz CT molecular complexity index is 286. The van der Waals surface area contributed by atoms with Crippen molar-refractivity contribution in [2.24, 2.45) is 5.92 Å². The van der Waals surface area contributed by atoms with Crippen LogP contribution in [0.15, 0.2) is 10.9 Å². The molecule has 1 rings (SSSR count). The Labute approximate surface area is 88.4 Å². The molecule has 1 heterocycles. The van der Waals surface area contributed by atoms with Crippen molar-refractivity contribution in [3.05, 3.63) is 12.2 Å². The number of carbonyl (C=O) groups excluding carboxylic acids is 1. The lowest BCUT2D eigenvalue weighted by Gasteiger charge is -2.10. The molecular formula is C9H16N4O2. The quantitative estimate of drug-likeness (QED) is 0.690. The highest BCUT2D eigenvalue weighted by atomic mass is 16.5. The Morgan fingerprint density at radius 2 is 2.47 bits per heavy atom. The van der Waals surface area contributed by atoms with Gasteiger partial charge in [0.2, 0.25) is 12.3 Å². The van der Waals surface area contributed by atoms with E-state index >= 15 is 0 Å². The Morgan fingerprint density at radius 3 is 3.07 bits per heavy atom. The molecule has 0 saturated carbocycles. The number of hydrogen-bond donors (Lipinski definition) is 2. The lowest BCUT2D eigenvalue weighted by molar-refractivity contribution is -0.124. The third-order valence-corrected chi connectivity index (χ3v) is 1.98. The number of carbonyl (C=O) groups is 1. The van der Waals surface area contributed by atoms with Gasteiger partial charge in [-0.15, -0.1) is 0 Å². The molecule has 0 aliphatic carbocycles. The smallest absolute Gasteiger partial charge is 0.224 e. The molecule has 0 radical (unpaired) electrons. The maximum Gasteiger partial charge on any atom is 0.224 e. The van der Waals surface area contributed by atoms with Gasteiger partial charge in [-0.3, -0.25) is 4.79 Å². The zero-order chi connectivity index (χ0) is 11.1. The van der Waals surface area contributed by atoms with Crippen molar-refractivity contribution in [3.8, 4) is 0 Å². The molecule has 0 fully saturated rings. The third kappa shape index (κ3) is 4.07. The largest absolute Gasteiger partial charge is 0.348 e. The third-order valence-electron chi connectivity index (χ3n) is 1.98. The monoisotopic (exact) mass is 212 g/mol. The molecular weight excluding hydrogens is 196 g/mol. The SMILES string of the molecule is CCNCC(C)C(=O)NCc1ncon1.